The molecule has 0 aliphatic heterocycles. The van der Waals surface area contributed by atoms with Crippen LogP contribution in [-0.4, -0.2) is 10.5 Å². The first-order chi connectivity index (χ1) is 10.8. The molecule has 1 unspecified atom stereocenters. The van der Waals surface area contributed by atoms with Crippen LogP contribution in [0.4, 0.5) is 0 Å². The lowest BCUT2D eigenvalue weighted by Gasteiger charge is -2.07. The first kappa shape index (κ1) is 13.3. The zero-order valence-corrected chi connectivity index (χ0v) is 12.9. The summed E-state index contributed by atoms with van der Waals surface area (Å²) >= 11 is 0. The van der Waals surface area contributed by atoms with Crippen LogP contribution in [-0.2, 0) is 10.8 Å². The summed E-state index contributed by atoms with van der Waals surface area (Å²) in [6, 6.07) is 21.9. The molecule has 2 nitrogen and oxygen atoms in total. The standard InChI is InChI=1S/C19H14O2S/c1-22(20)18-12-5-3-8-14(18)16-10-6-9-15-13-7-2-4-11-17(13)21-19(15)16/h2-12H,1H3. The van der Waals surface area contributed by atoms with Crippen LogP contribution in [0.2, 0.25) is 0 Å². The Balaban J connectivity index is 2.10. The molecule has 4 aromatic rings. The molecule has 1 atom stereocenters. The zero-order valence-electron chi connectivity index (χ0n) is 12.1. The highest BCUT2D eigenvalue weighted by Gasteiger charge is 2.14. The molecule has 0 fully saturated rings. The molecule has 22 heavy (non-hydrogen) atoms. The molecule has 0 saturated carbocycles. The summed E-state index contributed by atoms with van der Waals surface area (Å²) in [5, 5.41) is 2.19. The lowest BCUT2D eigenvalue weighted by Crippen LogP contribution is -1.91. The minimum atomic E-state index is -1.04. The highest BCUT2D eigenvalue weighted by molar-refractivity contribution is 7.84. The van der Waals surface area contributed by atoms with Gasteiger partial charge in [-0.25, -0.2) is 0 Å². The van der Waals surface area contributed by atoms with Crippen molar-refractivity contribution in [2.45, 2.75) is 4.90 Å². The number of furan rings is 1. The van der Waals surface area contributed by atoms with Crippen molar-refractivity contribution in [1.29, 1.82) is 0 Å². The Labute approximate surface area is 130 Å². The van der Waals surface area contributed by atoms with Crippen LogP contribution in [0, 0.1) is 0 Å². The number of rotatable bonds is 2. The minimum Gasteiger partial charge on any atom is -0.455 e. The van der Waals surface area contributed by atoms with Gasteiger partial charge in [0.1, 0.15) is 11.2 Å². The maximum absolute atomic E-state index is 12.0. The van der Waals surface area contributed by atoms with Gasteiger partial charge in [-0.15, -0.1) is 0 Å². The molecule has 0 saturated heterocycles. The van der Waals surface area contributed by atoms with Crippen molar-refractivity contribution in [2.75, 3.05) is 6.26 Å². The third kappa shape index (κ3) is 1.97. The van der Waals surface area contributed by atoms with E-state index in [-0.39, 0.29) is 0 Å². The van der Waals surface area contributed by atoms with Crippen molar-refractivity contribution in [1.82, 2.24) is 0 Å². The van der Waals surface area contributed by atoms with Crippen LogP contribution in [0.3, 0.4) is 0 Å². The van der Waals surface area contributed by atoms with Gasteiger partial charge in [0, 0.05) is 33.1 Å². The van der Waals surface area contributed by atoms with Crippen LogP contribution in [0.25, 0.3) is 33.1 Å². The fourth-order valence-corrected chi connectivity index (χ4v) is 3.66. The molecule has 1 heterocycles. The van der Waals surface area contributed by atoms with E-state index in [1.54, 1.807) is 6.26 Å². The van der Waals surface area contributed by atoms with Gasteiger partial charge in [-0.3, -0.25) is 4.21 Å². The van der Waals surface area contributed by atoms with Crippen LogP contribution in [0.1, 0.15) is 0 Å². The Morgan fingerprint density at radius 2 is 1.45 bits per heavy atom. The second-order valence-corrected chi connectivity index (χ2v) is 6.58. The van der Waals surface area contributed by atoms with E-state index in [1.165, 1.54) is 0 Å². The lowest BCUT2D eigenvalue weighted by molar-refractivity contribution is 0.670. The van der Waals surface area contributed by atoms with Crippen molar-refractivity contribution in [3.63, 3.8) is 0 Å². The third-order valence-electron chi connectivity index (χ3n) is 3.89. The second kappa shape index (κ2) is 5.11. The number of hydrogen-bond donors (Lipinski definition) is 0. The normalized spacial score (nSPS) is 12.8. The molecule has 0 aliphatic rings. The fourth-order valence-electron chi connectivity index (χ4n) is 2.90. The van der Waals surface area contributed by atoms with Crippen LogP contribution < -0.4 is 0 Å². The maximum Gasteiger partial charge on any atom is 0.143 e. The number of hydrogen-bond acceptors (Lipinski definition) is 2. The average molecular weight is 306 g/mol. The van der Waals surface area contributed by atoms with E-state index in [9.17, 15) is 4.21 Å². The Bertz CT molecular complexity index is 1010. The molecule has 3 heteroatoms. The van der Waals surface area contributed by atoms with Crippen molar-refractivity contribution < 1.29 is 8.63 Å². The second-order valence-electron chi connectivity index (χ2n) is 5.23. The number of fused-ring (bicyclic) bond motifs is 3. The van der Waals surface area contributed by atoms with Crippen molar-refractivity contribution in [2.24, 2.45) is 0 Å². The van der Waals surface area contributed by atoms with Gasteiger partial charge in [0.05, 0.1) is 10.8 Å². The van der Waals surface area contributed by atoms with Crippen LogP contribution in [0.15, 0.2) is 76.0 Å². The predicted molar refractivity (Wildman–Crippen MR) is 91.5 cm³/mol. The van der Waals surface area contributed by atoms with Gasteiger partial charge >= 0.3 is 0 Å². The molecule has 0 bridgehead atoms. The molecule has 0 spiro atoms. The Hall–Kier alpha value is -2.39. The fraction of sp³-hybridized carbons (Fsp3) is 0.0526. The third-order valence-corrected chi connectivity index (χ3v) is 4.87. The summed E-state index contributed by atoms with van der Waals surface area (Å²) in [7, 11) is -1.04. The Morgan fingerprint density at radius 1 is 0.773 bits per heavy atom. The largest absolute Gasteiger partial charge is 0.455 e. The first-order valence-electron chi connectivity index (χ1n) is 7.09. The summed E-state index contributed by atoms with van der Waals surface area (Å²) < 4.78 is 18.1. The minimum absolute atomic E-state index is 0.829. The highest BCUT2D eigenvalue weighted by Crippen LogP contribution is 2.37. The van der Waals surface area contributed by atoms with Crippen LogP contribution >= 0.6 is 0 Å². The molecule has 0 N–H and O–H groups in total. The van der Waals surface area contributed by atoms with Gasteiger partial charge in [0.25, 0.3) is 0 Å². The predicted octanol–water partition coefficient (Wildman–Crippen LogP) is 4.99. The molecule has 0 radical (unpaired) electrons. The summed E-state index contributed by atoms with van der Waals surface area (Å²) in [5.74, 6) is 0. The van der Waals surface area contributed by atoms with Gasteiger partial charge in [-0.2, -0.15) is 0 Å². The maximum atomic E-state index is 12.0. The Kier molecular flexibility index (Phi) is 3.09. The Morgan fingerprint density at radius 3 is 2.32 bits per heavy atom. The van der Waals surface area contributed by atoms with E-state index in [0.29, 0.717) is 0 Å². The molecule has 1 aromatic heterocycles. The number of para-hydroxylation sites is 2. The van der Waals surface area contributed by atoms with Gasteiger partial charge in [0.15, 0.2) is 0 Å². The smallest absolute Gasteiger partial charge is 0.143 e. The molecule has 0 amide bonds. The van der Waals surface area contributed by atoms with E-state index >= 15 is 0 Å². The molecule has 108 valence electrons. The van der Waals surface area contributed by atoms with Gasteiger partial charge in [0.2, 0.25) is 0 Å². The summed E-state index contributed by atoms with van der Waals surface area (Å²) in [4.78, 5) is 0.829. The van der Waals surface area contributed by atoms with Crippen molar-refractivity contribution >= 4 is 32.7 Å². The van der Waals surface area contributed by atoms with Crippen molar-refractivity contribution in [3.8, 4) is 11.1 Å². The van der Waals surface area contributed by atoms with E-state index in [1.807, 2.05) is 54.6 Å². The van der Waals surface area contributed by atoms with Gasteiger partial charge in [-0.05, 0) is 12.1 Å². The molecule has 4 rings (SSSR count). The van der Waals surface area contributed by atoms with Crippen LogP contribution in [0.5, 0.6) is 0 Å². The average Bonchev–Trinajstić information content (AvgIpc) is 2.93. The summed E-state index contributed by atoms with van der Waals surface area (Å²) in [5.41, 5.74) is 3.68. The monoisotopic (exact) mass is 306 g/mol. The topological polar surface area (TPSA) is 30.2 Å². The summed E-state index contributed by atoms with van der Waals surface area (Å²) in [6.45, 7) is 0. The zero-order chi connectivity index (χ0) is 15.1. The molecule has 0 aliphatic carbocycles. The lowest BCUT2D eigenvalue weighted by atomic mass is 10.0. The van der Waals surface area contributed by atoms with Gasteiger partial charge < -0.3 is 4.42 Å². The quantitative estimate of drug-likeness (QED) is 0.522. The molecular weight excluding hydrogens is 292 g/mol. The summed E-state index contributed by atoms with van der Waals surface area (Å²) in [6.07, 6.45) is 1.71. The van der Waals surface area contributed by atoms with E-state index in [0.717, 1.165) is 38.0 Å². The first-order valence-corrected chi connectivity index (χ1v) is 8.64. The number of benzene rings is 3. The van der Waals surface area contributed by atoms with E-state index < -0.39 is 10.8 Å². The SMILES string of the molecule is CS(=O)c1ccccc1-c1cccc2c1oc1ccccc12. The highest BCUT2D eigenvalue weighted by atomic mass is 32.2. The van der Waals surface area contributed by atoms with E-state index in [4.69, 9.17) is 4.42 Å². The van der Waals surface area contributed by atoms with E-state index in [2.05, 4.69) is 12.1 Å². The molecule has 3 aromatic carbocycles. The van der Waals surface area contributed by atoms with Gasteiger partial charge in [-0.1, -0.05) is 54.6 Å². The molecular formula is C19H14O2S. The van der Waals surface area contributed by atoms with Crippen molar-refractivity contribution in [3.05, 3.63) is 66.7 Å².